The lowest BCUT2D eigenvalue weighted by molar-refractivity contribution is -0.119. The molecule has 1 unspecified atom stereocenters. The SMILES string of the molecule is CC(CCc1ccccc1)NC(=O)CSc1nc(Cl)cc(N2CCN(c3ccccc3F)CC2)n1. The van der Waals surface area contributed by atoms with Crippen LogP contribution in [0.3, 0.4) is 0 Å². The van der Waals surface area contributed by atoms with Crippen LogP contribution in [0.2, 0.25) is 5.15 Å². The smallest absolute Gasteiger partial charge is 0.230 e. The molecular formula is C26H29ClFN5OS. The number of piperazine rings is 1. The van der Waals surface area contributed by atoms with Crippen molar-refractivity contribution in [3.8, 4) is 0 Å². The van der Waals surface area contributed by atoms with Crippen LogP contribution in [0.15, 0.2) is 65.8 Å². The summed E-state index contributed by atoms with van der Waals surface area (Å²) in [6, 6.07) is 18.9. The average molecular weight is 514 g/mol. The molecule has 184 valence electrons. The minimum atomic E-state index is -0.211. The number of aryl methyl sites for hydroxylation is 1. The molecule has 1 aliphatic heterocycles. The fraction of sp³-hybridized carbons (Fsp3) is 0.346. The average Bonchev–Trinajstić information content (AvgIpc) is 2.87. The Morgan fingerprint density at radius 3 is 2.49 bits per heavy atom. The zero-order valence-corrected chi connectivity index (χ0v) is 21.2. The number of hydrogen-bond acceptors (Lipinski definition) is 6. The Kier molecular flexibility index (Phi) is 8.82. The Balaban J connectivity index is 1.27. The van der Waals surface area contributed by atoms with Gasteiger partial charge in [-0.15, -0.1) is 0 Å². The molecule has 1 atom stereocenters. The van der Waals surface area contributed by atoms with Crippen molar-refractivity contribution < 1.29 is 9.18 Å². The first kappa shape index (κ1) is 25.3. The van der Waals surface area contributed by atoms with Gasteiger partial charge in [0.15, 0.2) is 5.16 Å². The summed E-state index contributed by atoms with van der Waals surface area (Å²) in [7, 11) is 0. The van der Waals surface area contributed by atoms with Crippen molar-refractivity contribution in [1.82, 2.24) is 15.3 Å². The first-order valence-corrected chi connectivity index (χ1v) is 13.1. The van der Waals surface area contributed by atoms with E-state index in [0.29, 0.717) is 42.2 Å². The van der Waals surface area contributed by atoms with Gasteiger partial charge in [-0.25, -0.2) is 14.4 Å². The van der Waals surface area contributed by atoms with Crippen LogP contribution in [-0.2, 0) is 11.2 Å². The first-order valence-electron chi connectivity index (χ1n) is 11.7. The maximum atomic E-state index is 14.1. The summed E-state index contributed by atoms with van der Waals surface area (Å²) < 4.78 is 14.1. The summed E-state index contributed by atoms with van der Waals surface area (Å²) in [6.07, 6.45) is 1.79. The number of nitrogens with zero attached hydrogens (tertiary/aromatic N) is 4. The molecule has 35 heavy (non-hydrogen) atoms. The fourth-order valence-corrected chi connectivity index (χ4v) is 4.94. The number of aromatic nitrogens is 2. The summed E-state index contributed by atoms with van der Waals surface area (Å²) in [5.74, 6) is 0.671. The van der Waals surface area contributed by atoms with E-state index in [1.807, 2.05) is 36.1 Å². The summed E-state index contributed by atoms with van der Waals surface area (Å²) in [4.78, 5) is 25.5. The van der Waals surface area contributed by atoms with E-state index in [1.54, 1.807) is 18.2 Å². The highest BCUT2D eigenvalue weighted by atomic mass is 35.5. The number of thioether (sulfide) groups is 1. The molecule has 1 aliphatic rings. The van der Waals surface area contributed by atoms with Crippen LogP contribution >= 0.6 is 23.4 Å². The zero-order valence-electron chi connectivity index (χ0n) is 19.7. The van der Waals surface area contributed by atoms with E-state index in [4.69, 9.17) is 11.6 Å². The molecule has 2 heterocycles. The van der Waals surface area contributed by atoms with Crippen LogP contribution < -0.4 is 15.1 Å². The second-order valence-electron chi connectivity index (χ2n) is 8.54. The van der Waals surface area contributed by atoms with Crippen LogP contribution in [0.25, 0.3) is 0 Å². The maximum Gasteiger partial charge on any atom is 0.230 e. The van der Waals surface area contributed by atoms with E-state index in [2.05, 4.69) is 32.3 Å². The normalized spacial score (nSPS) is 14.6. The van der Waals surface area contributed by atoms with Crippen molar-refractivity contribution in [2.45, 2.75) is 31.0 Å². The Bertz CT molecular complexity index is 1130. The second-order valence-corrected chi connectivity index (χ2v) is 9.87. The van der Waals surface area contributed by atoms with Crippen LogP contribution in [0.4, 0.5) is 15.9 Å². The highest BCUT2D eigenvalue weighted by molar-refractivity contribution is 7.99. The third kappa shape index (κ3) is 7.32. The fourth-order valence-electron chi connectivity index (χ4n) is 4.04. The number of carbonyl (C=O) groups is 1. The molecule has 6 nitrogen and oxygen atoms in total. The molecule has 0 aliphatic carbocycles. The molecule has 4 rings (SSSR count). The minimum absolute atomic E-state index is 0.0563. The molecule has 0 spiro atoms. The van der Waals surface area contributed by atoms with Gasteiger partial charge in [0.05, 0.1) is 11.4 Å². The molecule has 0 radical (unpaired) electrons. The van der Waals surface area contributed by atoms with Gasteiger partial charge in [-0.3, -0.25) is 4.79 Å². The van der Waals surface area contributed by atoms with Crippen LogP contribution in [0.1, 0.15) is 18.9 Å². The van der Waals surface area contributed by atoms with E-state index in [0.717, 1.165) is 18.7 Å². The van der Waals surface area contributed by atoms with Gasteiger partial charge in [-0.2, -0.15) is 0 Å². The van der Waals surface area contributed by atoms with Gasteiger partial charge < -0.3 is 15.1 Å². The lowest BCUT2D eigenvalue weighted by atomic mass is 10.1. The van der Waals surface area contributed by atoms with Crippen molar-refractivity contribution in [2.24, 2.45) is 0 Å². The van der Waals surface area contributed by atoms with Gasteiger partial charge >= 0.3 is 0 Å². The monoisotopic (exact) mass is 513 g/mol. The summed E-state index contributed by atoms with van der Waals surface area (Å²) >= 11 is 7.53. The number of benzene rings is 2. The van der Waals surface area contributed by atoms with E-state index in [1.165, 1.54) is 23.4 Å². The number of hydrogen-bond donors (Lipinski definition) is 1. The maximum absolute atomic E-state index is 14.1. The Hall–Kier alpha value is -2.84. The highest BCUT2D eigenvalue weighted by Gasteiger charge is 2.21. The topological polar surface area (TPSA) is 61.4 Å². The van der Waals surface area contributed by atoms with Crippen LogP contribution in [0, 0.1) is 5.82 Å². The van der Waals surface area contributed by atoms with Crippen molar-refractivity contribution in [1.29, 1.82) is 0 Å². The number of para-hydroxylation sites is 1. The molecule has 3 aromatic rings. The number of nitrogens with one attached hydrogen (secondary N) is 1. The molecular weight excluding hydrogens is 485 g/mol. The van der Waals surface area contributed by atoms with Crippen molar-refractivity contribution in [3.63, 3.8) is 0 Å². The zero-order chi connectivity index (χ0) is 24.6. The summed E-state index contributed by atoms with van der Waals surface area (Å²) in [5.41, 5.74) is 1.88. The highest BCUT2D eigenvalue weighted by Crippen LogP contribution is 2.25. The van der Waals surface area contributed by atoms with Crippen molar-refractivity contribution >= 4 is 40.8 Å². The lowest BCUT2D eigenvalue weighted by Gasteiger charge is -2.36. The molecule has 1 amide bonds. The number of rotatable bonds is 9. The Morgan fingerprint density at radius 1 is 1.06 bits per heavy atom. The van der Waals surface area contributed by atoms with Gasteiger partial charge in [-0.1, -0.05) is 65.8 Å². The third-order valence-electron chi connectivity index (χ3n) is 5.91. The Labute approximate surface area is 214 Å². The molecule has 1 saturated heterocycles. The molecule has 1 N–H and O–H groups in total. The standard InChI is InChI=1S/C26H29ClFN5OS/c1-19(11-12-20-7-3-2-4-8-20)29-25(34)18-35-26-30-23(27)17-24(31-26)33-15-13-32(14-16-33)22-10-6-5-9-21(22)28/h2-10,17,19H,11-16,18H2,1H3,(H,29,34). The number of carbonyl (C=O) groups excluding carboxylic acids is 1. The number of halogens is 2. The number of anilines is 2. The molecule has 9 heteroatoms. The predicted octanol–water partition coefficient (Wildman–Crippen LogP) is 4.83. The van der Waals surface area contributed by atoms with E-state index < -0.39 is 0 Å². The lowest BCUT2D eigenvalue weighted by Crippen LogP contribution is -2.47. The summed E-state index contributed by atoms with van der Waals surface area (Å²) in [5, 5.41) is 3.85. The molecule has 0 bridgehead atoms. The van der Waals surface area contributed by atoms with Gasteiger partial charge in [-0.05, 0) is 37.5 Å². The largest absolute Gasteiger partial charge is 0.366 e. The summed E-state index contributed by atoms with van der Waals surface area (Å²) in [6.45, 7) is 4.74. The Morgan fingerprint density at radius 2 is 1.74 bits per heavy atom. The molecule has 1 fully saturated rings. The van der Waals surface area contributed by atoms with Gasteiger partial charge in [0.2, 0.25) is 5.91 Å². The second kappa shape index (κ2) is 12.2. The van der Waals surface area contributed by atoms with Gasteiger partial charge in [0.25, 0.3) is 0 Å². The predicted molar refractivity (Wildman–Crippen MR) is 141 cm³/mol. The van der Waals surface area contributed by atoms with Gasteiger partial charge in [0, 0.05) is 38.3 Å². The first-order chi connectivity index (χ1) is 17.0. The van der Waals surface area contributed by atoms with Crippen LogP contribution in [0.5, 0.6) is 0 Å². The van der Waals surface area contributed by atoms with Crippen LogP contribution in [-0.4, -0.2) is 53.8 Å². The molecule has 2 aromatic carbocycles. The van der Waals surface area contributed by atoms with Crippen molar-refractivity contribution in [3.05, 3.63) is 77.2 Å². The minimum Gasteiger partial charge on any atom is -0.366 e. The molecule has 1 aromatic heterocycles. The van der Waals surface area contributed by atoms with Gasteiger partial charge in [0.1, 0.15) is 16.8 Å². The van der Waals surface area contributed by atoms with E-state index >= 15 is 0 Å². The van der Waals surface area contributed by atoms with Crippen molar-refractivity contribution in [2.75, 3.05) is 41.7 Å². The van der Waals surface area contributed by atoms with E-state index in [-0.39, 0.29) is 23.5 Å². The molecule has 0 saturated carbocycles. The third-order valence-corrected chi connectivity index (χ3v) is 6.95. The quantitative estimate of drug-likeness (QED) is 0.251. The number of amides is 1. The van der Waals surface area contributed by atoms with E-state index in [9.17, 15) is 9.18 Å².